The summed E-state index contributed by atoms with van der Waals surface area (Å²) in [5.74, 6) is 0.820. The van der Waals surface area contributed by atoms with Crippen LogP contribution in [0, 0.1) is 25.2 Å². The predicted molar refractivity (Wildman–Crippen MR) is 101 cm³/mol. The van der Waals surface area contributed by atoms with Gasteiger partial charge in [0.05, 0.1) is 6.20 Å². The summed E-state index contributed by atoms with van der Waals surface area (Å²) in [5.41, 5.74) is 3.13. The molecule has 3 heterocycles. The van der Waals surface area contributed by atoms with Crippen LogP contribution in [0.25, 0.3) is 11.9 Å². The van der Waals surface area contributed by atoms with Gasteiger partial charge in [-0.1, -0.05) is 0 Å². The lowest BCUT2D eigenvalue weighted by Crippen LogP contribution is -2.28. The molecule has 1 fully saturated rings. The predicted octanol–water partition coefficient (Wildman–Crippen LogP) is 3.40. The Morgan fingerprint density at radius 1 is 1.31 bits per heavy atom. The molecule has 2 aromatic heterocycles. The molecule has 0 saturated carbocycles. The molecule has 0 aromatic carbocycles. The van der Waals surface area contributed by atoms with E-state index in [0.29, 0.717) is 0 Å². The molecule has 6 nitrogen and oxygen atoms in total. The minimum atomic E-state index is -0.165. The van der Waals surface area contributed by atoms with Crippen LogP contribution in [0.1, 0.15) is 49.7 Å². The molecule has 0 atom stereocenters. The molecule has 0 bridgehead atoms. The average Bonchev–Trinajstić information content (AvgIpc) is 3.33. The molecule has 1 saturated heterocycles. The molecule has 6 heteroatoms. The summed E-state index contributed by atoms with van der Waals surface area (Å²) in [7, 11) is 0. The topological polar surface area (TPSA) is 66.8 Å². The van der Waals surface area contributed by atoms with Crippen LogP contribution >= 0.6 is 0 Å². The molecule has 1 amide bonds. The summed E-state index contributed by atoms with van der Waals surface area (Å²) in [5, 5.41) is 13.9. The lowest BCUT2D eigenvalue weighted by molar-refractivity contribution is -0.125. The van der Waals surface area contributed by atoms with Gasteiger partial charge in [-0.3, -0.25) is 4.79 Å². The molecule has 1 aliphatic rings. The molecule has 136 valence electrons. The average molecular weight is 351 g/mol. The van der Waals surface area contributed by atoms with E-state index in [4.69, 9.17) is 0 Å². The van der Waals surface area contributed by atoms with Crippen molar-refractivity contribution in [3.8, 4) is 11.9 Å². The fourth-order valence-electron chi connectivity index (χ4n) is 3.56. The Kier molecular flexibility index (Phi) is 4.99. The van der Waals surface area contributed by atoms with Crippen LogP contribution < -0.4 is 0 Å². The second kappa shape index (κ2) is 7.20. The number of aryl methyl sites for hydroxylation is 1. The van der Waals surface area contributed by atoms with Crippen molar-refractivity contribution in [3.05, 3.63) is 40.9 Å². The van der Waals surface area contributed by atoms with Gasteiger partial charge in [0.15, 0.2) is 0 Å². The third-order valence-corrected chi connectivity index (χ3v) is 4.88. The van der Waals surface area contributed by atoms with Gasteiger partial charge < -0.3 is 9.47 Å². The van der Waals surface area contributed by atoms with E-state index in [2.05, 4.69) is 29.6 Å². The fourth-order valence-corrected chi connectivity index (χ4v) is 3.56. The Hall–Kier alpha value is -2.81. The first-order valence-electron chi connectivity index (χ1n) is 9.08. The number of rotatable bonds is 4. The maximum Gasteiger partial charge on any atom is 0.264 e. The van der Waals surface area contributed by atoms with Crippen molar-refractivity contribution in [1.29, 1.82) is 5.26 Å². The first kappa shape index (κ1) is 18.0. The fraction of sp³-hybridized carbons (Fsp3) is 0.450. The van der Waals surface area contributed by atoms with Gasteiger partial charge in [0.2, 0.25) is 0 Å². The van der Waals surface area contributed by atoms with E-state index in [9.17, 15) is 10.1 Å². The molecule has 26 heavy (non-hydrogen) atoms. The molecule has 0 N–H and O–H groups in total. The quantitative estimate of drug-likeness (QED) is 0.626. The van der Waals surface area contributed by atoms with Crippen LogP contribution in [0.5, 0.6) is 0 Å². The van der Waals surface area contributed by atoms with Crippen molar-refractivity contribution in [2.75, 3.05) is 13.1 Å². The maximum atomic E-state index is 12.6. The third-order valence-electron chi connectivity index (χ3n) is 4.88. The molecular formula is C20H25N5O. The molecular weight excluding hydrogens is 326 g/mol. The standard InChI is InChI=1S/C20H25N5O/c1-14(2)25-19(7-8-22-25)24-15(3)11-17(16(24)4)12-18(13-21)20(26)23-9-5-6-10-23/h7-8,11-12,14H,5-6,9-10H2,1-4H3/b18-12+. The van der Waals surface area contributed by atoms with Crippen molar-refractivity contribution in [3.63, 3.8) is 0 Å². The van der Waals surface area contributed by atoms with Crippen LogP contribution in [0.15, 0.2) is 23.9 Å². The van der Waals surface area contributed by atoms with E-state index >= 15 is 0 Å². The number of likely N-dealkylation sites (tertiary alicyclic amines) is 1. The molecule has 1 aliphatic heterocycles. The first-order chi connectivity index (χ1) is 12.4. The van der Waals surface area contributed by atoms with Crippen LogP contribution in [0.3, 0.4) is 0 Å². The number of nitriles is 1. The lowest BCUT2D eigenvalue weighted by atomic mass is 10.1. The van der Waals surface area contributed by atoms with Crippen molar-refractivity contribution < 1.29 is 4.79 Å². The second-order valence-corrected chi connectivity index (χ2v) is 7.06. The van der Waals surface area contributed by atoms with E-state index in [1.165, 1.54) is 0 Å². The zero-order valence-electron chi connectivity index (χ0n) is 15.9. The van der Waals surface area contributed by atoms with E-state index < -0.39 is 0 Å². The van der Waals surface area contributed by atoms with Crippen LogP contribution in [0.2, 0.25) is 0 Å². The van der Waals surface area contributed by atoms with E-state index in [-0.39, 0.29) is 17.5 Å². The monoisotopic (exact) mass is 351 g/mol. The maximum absolute atomic E-state index is 12.6. The Morgan fingerprint density at radius 3 is 2.62 bits per heavy atom. The van der Waals surface area contributed by atoms with Gasteiger partial charge in [-0.05, 0) is 58.2 Å². The highest BCUT2D eigenvalue weighted by Gasteiger charge is 2.22. The van der Waals surface area contributed by atoms with Crippen molar-refractivity contribution in [1.82, 2.24) is 19.2 Å². The van der Waals surface area contributed by atoms with E-state index in [1.807, 2.05) is 30.7 Å². The molecule has 3 rings (SSSR count). The van der Waals surface area contributed by atoms with E-state index in [1.54, 1.807) is 17.2 Å². The Balaban J connectivity index is 2.01. The van der Waals surface area contributed by atoms with Gasteiger partial charge >= 0.3 is 0 Å². The van der Waals surface area contributed by atoms with Gasteiger partial charge in [0, 0.05) is 36.6 Å². The summed E-state index contributed by atoms with van der Waals surface area (Å²) >= 11 is 0. The van der Waals surface area contributed by atoms with E-state index in [0.717, 1.165) is 48.7 Å². The summed E-state index contributed by atoms with van der Waals surface area (Å²) < 4.78 is 4.09. The zero-order valence-corrected chi connectivity index (χ0v) is 15.9. The summed E-state index contributed by atoms with van der Waals surface area (Å²) in [6.45, 7) is 9.69. The minimum absolute atomic E-state index is 0.165. The van der Waals surface area contributed by atoms with Crippen molar-refractivity contribution >= 4 is 12.0 Å². The molecule has 0 radical (unpaired) electrons. The summed E-state index contributed by atoms with van der Waals surface area (Å²) in [6, 6.07) is 6.33. The summed E-state index contributed by atoms with van der Waals surface area (Å²) in [4.78, 5) is 14.3. The highest BCUT2D eigenvalue weighted by atomic mass is 16.2. The smallest absolute Gasteiger partial charge is 0.264 e. The number of hydrogen-bond donors (Lipinski definition) is 0. The Labute approximate surface area is 154 Å². The van der Waals surface area contributed by atoms with Gasteiger partial charge in [0.1, 0.15) is 17.5 Å². The van der Waals surface area contributed by atoms with Crippen LogP contribution in [-0.4, -0.2) is 38.2 Å². The van der Waals surface area contributed by atoms with Crippen LogP contribution in [0.4, 0.5) is 0 Å². The minimum Gasteiger partial charge on any atom is -0.338 e. The summed E-state index contributed by atoms with van der Waals surface area (Å²) in [6.07, 6.45) is 5.53. The molecule has 0 unspecified atom stereocenters. The van der Waals surface area contributed by atoms with Crippen molar-refractivity contribution in [2.45, 2.75) is 46.6 Å². The third kappa shape index (κ3) is 3.17. The Morgan fingerprint density at radius 2 is 2.00 bits per heavy atom. The van der Waals surface area contributed by atoms with Crippen LogP contribution in [-0.2, 0) is 4.79 Å². The number of carbonyl (C=O) groups excluding carboxylic acids is 1. The lowest BCUT2D eigenvalue weighted by Gasteiger charge is -2.15. The van der Waals surface area contributed by atoms with Gasteiger partial charge in [-0.2, -0.15) is 10.4 Å². The number of carbonyl (C=O) groups is 1. The first-order valence-corrected chi connectivity index (χ1v) is 9.08. The van der Waals surface area contributed by atoms with Gasteiger partial charge in [-0.25, -0.2) is 4.68 Å². The van der Waals surface area contributed by atoms with Gasteiger partial charge in [-0.15, -0.1) is 0 Å². The number of aromatic nitrogens is 3. The highest BCUT2D eigenvalue weighted by Crippen LogP contribution is 2.25. The normalized spacial score (nSPS) is 14.9. The molecule has 0 spiro atoms. The van der Waals surface area contributed by atoms with Gasteiger partial charge in [0.25, 0.3) is 5.91 Å². The number of nitrogens with zero attached hydrogens (tertiary/aromatic N) is 5. The number of hydrogen-bond acceptors (Lipinski definition) is 3. The number of amides is 1. The SMILES string of the molecule is Cc1cc(/C=C(\C#N)C(=O)N2CCCC2)c(C)n1-c1ccnn1C(C)C. The highest BCUT2D eigenvalue weighted by molar-refractivity contribution is 6.02. The molecule has 0 aliphatic carbocycles. The zero-order chi connectivity index (χ0) is 18.8. The largest absolute Gasteiger partial charge is 0.338 e. The molecule has 2 aromatic rings. The van der Waals surface area contributed by atoms with Crippen molar-refractivity contribution in [2.24, 2.45) is 0 Å². The second-order valence-electron chi connectivity index (χ2n) is 7.06. The Bertz CT molecular complexity index is 888.